The quantitative estimate of drug-likeness (QED) is 0.759. The monoisotopic (exact) mass is 317 g/mol. The molecule has 2 heterocycles. The van der Waals surface area contributed by atoms with Crippen molar-refractivity contribution in [2.75, 3.05) is 29.9 Å². The molecule has 7 heteroatoms. The number of hydrogen-bond donors (Lipinski definition) is 3. The zero-order valence-corrected chi connectivity index (χ0v) is 13.2. The molecule has 0 atom stereocenters. The highest BCUT2D eigenvalue weighted by molar-refractivity contribution is 5.98. The number of hydrogen-bond acceptors (Lipinski definition) is 5. The highest BCUT2D eigenvalue weighted by Crippen LogP contribution is 2.27. The second kappa shape index (κ2) is 6.54. The molecular formula is C16H23N5O2. The van der Waals surface area contributed by atoms with Crippen LogP contribution in [0.4, 0.5) is 11.5 Å². The van der Waals surface area contributed by atoms with Gasteiger partial charge in [-0.2, -0.15) is 0 Å². The average Bonchev–Trinajstić information content (AvgIpc) is 2.56. The lowest BCUT2D eigenvalue weighted by Crippen LogP contribution is -2.52. The Hall–Kier alpha value is -2.15. The van der Waals surface area contributed by atoms with E-state index in [9.17, 15) is 9.59 Å². The van der Waals surface area contributed by atoms with Crippen molar-refractivity contribution in [3.63, 3.8) is 0 Å². The van der Waals surface area contributed by atoms with Crippen LogP contribution in [-0.2, 0) is 9.59 Å². The third-order valence-electron chi connectivity index (χ3n) is 4.57. The predicted molar refractivity (Wildman–Crippen MR) is 88.1 cm³/mol. The van der Waals surface area contributed by atoms with Gasteiger partial charge in [0.15, 0.2) is 0 Å². The molecule has 1 saturated heterocycles. The first-order valence-electron chi connectivity index (χ1n) is 8.15. The number of nitrogens with zero attached hydrogens (tertiary/aromatic N) is 2. The number of nitrogens with two attached hydrogens (primary N) is 1. The fraction of sp³-hybridized carbons (Fsp3) is 0.562. The molecule has 0 bridgehead atoms. The van der Waals surface area contributed by atoms with Gasteiger partial charge in [0.1, 0.15) is 5.82 Å². The number of pyridine rings is 1. The van der Waals surface area contributed by atoms with Gasteiger partial charge in [-0.25, -0.2) is 4.98 Å². The summed E-state index contributed by atoms with van der Waals surface area (Å²) in [5.74, 6) is 0.597. The van der Waals surface area contributed by atoms with Crippen molar-refractivity contribution < 1.29 is 9.59 Å². The fourth-order valence-corrected chi connectivity index (χ4v) is 3.15. The maximum absolute atomic E-state index is 12.4. The summed E-state index contributed by atoms with van der Waals surface area (Å²) < 4.78 is 0. The summed E-state index contributed by atoms with van der Waals surface area (Å²) in [6.07, 6.45) is 6.22. The Labute approximate surface area is 135 Å². The summed E-state index contributed by atoms with van der Waals surface area (Å²) in [7, 11) is 0. The van der Waals surface area contributed by atoms with Gasteiger partial charge in [0, 0.05) is 13.1 Å². The number of nitrogens with one attached hydrogen (secondary N) is 2. The van der Waals surface area contributed by atoms with Crippen LogP contribution in [0, 0.1) is 0 Å². The second-order valence-corrected chi connectivity index (χ2v) is 6.35. The van der Waals surface area contributed by atoms with Crippen LogP contribution < -0.4 is 21.3 Å². The van der Waals surface area contributed by atoms with E-state index in [1.54, 1.807) is 12.3 Å². The number of piperazine rings is 1. The average molecular weight is 317 g/mol. The van der Waals surface area contributed by atoms with Gasteiger partial charge in [-0.1, -0.05) is 19.3 Å². The summed E-state index contributed by atoms with van der Waals surface area (Å²) in [4.78, 5) is 30.1. The smallest absolute Gasteiger partial charge is 0.244 e. The molecule has 23 heavy (non-hydrogen) atoms. The van der Waals surface area contributed by atoms with Crippen LogP contribution in [-0.4, -0.2) is 42.0 Å². The summed E-state index contributed by atoms with van der Waals surface area (Å²) in [5.41, 5.74) is 6.10. The third-order valence-corrected chi connectivity index (χ3v) is 4.57. The van der Waals surface area contributed by atoms with Gasteiger partial charge in [0.25, 0.3) is 0 Å². The number of amides is 2. The molecule has 2 amide bonds. The molecule has 3 rings (SSSR count). The van der Waals surface area contributed by atoms with Gasteiger partial charge in [-0.15, -0.1) is 0 Å². The molecule has 2 aliphatic rings. The number of aromatic nitrogens is 1. The van der Waals surface area contributed by atoms with Gasteiger partial charge in [0.05, 0.1) is 24.0 Å². The van der Waals surface area contributed by atoms with Crippen LogP contribution in [0.1, 0.15) is 32.1 Å². The van der Waals surface area contributed by atoms with Crippen LogP contribution >= 0.6 is 0 Å². The molecule has 1 aromatic rings. The first-order chi connectivity index (χ1) is 11.1. The van der Waals surface area contributed by atoms with E-state index in [0.717, 1.165) is 44.5 Å². The molecule has 1 saturated carbocycles. The largest absolute Gasteiger partial charge is 0.353 e. The van der Waals surface area contributed by atoms with Gasteiger partial charge in [-0.05, 0) is 25.0 Å². The molecule has 0 spiro atoms. The Bertz CT molecular complexity index is 581. The minimum atomic E-state index is -0.762. The van der Waals surface area contributed by atoms with Crippen molar-refractivity contribution in [3.8, 4) is 0 Å². The number of rotatable bonds is 3. The molecule has 0 radical (unpaired) electrons. The Morgan fingerprint density at radius 3 is 2.74 bits per heavy atom. The van der Waals surface area contributed by atoms with Gasteiger partial charge in [0.2, 0.25) is 11.8 Å². The molecule has 1 aliphatic carbocycles. The van der Waals surface area contributed by atoms with Crippen molar-refractivity contribution in [2.24, 2.45) is 5.73 Å². The lowest BCUT2D eigenvalue weighted by atomic mass is 9.82. The lowest BCUT2D eigenvalue weighted by Gasteiger charge is -2.31. The summed E-state index contributed by atoms with van der Waals surface area (Å²) in [6, 6.07) is 3.62. The van der Waals surface area contributed by atoms with E-state index in [0.29, 0.717) is 18.8 Å². The molecule has 4 N–H and O–H groups in total. The van der Waals surface area contributed by atoms with Crippen LogP contribution in [0.2, 0.25) is 0 Å². The zero-order valence-electron chi connectivity index (χ0n) is 13.2. The Balaban J connectivity index is 1.63. The third kappa shape index (κ3) is 3.61. The number of anilines is 2. The molecule has 1 aliphatic heterocycles. The van der Waals surface area contributed by atoms with E-state index in [-0.39, 0.29) is 11.8 Å². The topological polar surface area (TPSA) is 100 Å². The number of carbonyl (C=O) groups excluding carboxylic acids is 2. The first-order valence-corrected chi connectivity index (χ1v) is 8.15. The minimum Gasteiger partial charge on any atom is -0.353 e. The summed E-state index contributed by atoms with van der Waals surface area (Å²) >= 11 is 0. The zero-order chi connectivity index (χ0) is 16.3. The maximum Gasteiger partial charge on any atom is 0.244 e. The van der Waals surface area contributed by atoms with Crippen LogP contribution in [0.25, 0.3) is 0 Å². The van der Waals surface area contributed by atoms with Crippen LogP contribution in [0.15, 0.2) is 18.3 Å². The Kier molecular flexibility index (Phi) is 4.47. The molecule has 0 unspecified atom stereocenters. The second-order valence-electron chi connectivity index (χ2n) is 6.35. The van der Waals surface area contributed by atoms with Crippen molar-refractivity contribution in [2.45, 2.75) is 37.6 Å². The van der Waals surface area contributed by atoms with Crippen molar-refractivity contribution in [3.05, 3.63) is 18.3 Å². The highest BCUT2D eigenvalue weighted by atomic mass is 16.2. The van der Waals surface area contributed by atoms with E-state index in [1.165, 1.54) is 0 Å². The van der Waals surface area contributed by atoms with Gasteiger partial charge < -0.3 is 21.3 Å². The van der Waals surface area contributed by atoms with E-state index in [2.05, 4.69) is 15.6 Å². The molecule has 0 aromatic carbocycles. The Morgan fingerprint density at radius 2 is 2.09 bits per heavy atom. The van der Waals surface area contributed by atoms with E-state index in [1.807, 2.05) is 11.0 Å². The predicted octanol–water partition coefficient (Wildman–Crippen LogP) is 0.618. The van der Waals surface area contributed by atoms with E-state index < -0.39 is 5.54 Å². The molecule has 1 aromatic heterocycles. The molecule has 124 valence electrons. The first kappa shape index (κ1) is 15.7. The molecule has 7 nitrogen and oxygen atoms in total. The molecule has 2 fully saturated rings. The van der Waals surface area contributed by atoms with Gasteiger partial charge in [-0.3, -0.25) is 9.59 Å². The minimum absolute atomic E-state index is 0.00204. The molecular weight excluding hydrogens is 294 g/mol. The number of carbonyl (C=O) groups is 2. The van der Waals surface area contributed by atoms with Crippen molar-refractivity contribution in [1.29, 1.82) is 0 Å². The Morgan fingerprint density at radius 1 is 1.30 bits per heavy atom. The maximum atomic E-state index is 12.4. The van der Waals surface area contributed by atoms with Crippen LogP contribution in [0.5, 0.6) is 0 Å². The van der Waals surface area contributed by atoms with Gasteiger partial charge >= 0.3 is 0 Å². The lowest BCUT2D eigenvalue weighted by molar-refractivity contribution is -0.122. The van der Waals surface area contributed by atoms with E-state index in [4.69, 9.17) is 5.73 Å². The SMILES string of the molecule is NC1(C(=O)Nc2ccc(N3CCNC(=O)C3)nc2)CCCCC1. The summed E-state index contributed by atoms with van der Waals surface area (Å²) in [6.45, 7) is 1.66. The van der Waals surface area contributed by atoms with E-state index >= 15 is 0 Å². The fourth-order valence-electron chi connectivity index (χ4n) is 3.15. The standard InChI is InChI=1S/C16H23N5O2/c17-16(6-2-1-3-7-16)15(23)20-12-4-5-13(19-10-12)21-9-8-18-14(22)11-21/h4-5,10H,1-3,6-9,11,17H2,(H,18,22)(H,20,23). The normalized spacial score (nSPS) is 20.7. The van der Waals surface area contributed by atoms with Crippen LogP contribution in [0.3, 0.4) is 0 Å². The van der Waals surface area contributed by atoms with Crippen molar-refractivity contribution in [1.82, 2.24) is 10.3 Å². The van der Waals surface area contributed by atoms with Crippen molar-refractivity contribution >= 4 is 23.3 Å². The summed E-state index contributed by atoms with van der Waals surface area (Å²) in [5, 5.41) is 5.65. The highest BCUT2D eigenvalue weighted by Gasteiger charge is 2.35.